The molecule has 2 aromatic heterocycles. The number of rotatable bonds is 4. The Morgan fingerprint density at radius 2 is 2.47 bits per heavy atom. The summed E-state index contributed by atoms with van der Waals surface area (Å²) in [7, 11) is 0. The highest BCUT2D eigenvalue weighted by molar-refractivity contribution is 7.92. The van der Waals surface area contributed by atoms with Crippen LogP contribution in [0.25, 0.3) is 11.0 Å². The summed E-state index contributed by atoms with van der Waals surface area (Å²) in [5.41, 5.74) is 0.529. The molecule has 19 heavy (non-hydrogen) atoms. The van der Waals surface area contributed by atoms with Crippen LogP contribution in [0, 0.1) is 11.3 Å². The van der Waals surface area contributed by atoms with Gasteiger partial charge in [-0.05, 0) is 13.0 Å². The largest absolute Gasteiger partial charge is 0.465 e. The first-order valence-electron chi connectivity index (χ1n) is 5.40. The van der Waals surface area contributed by atoms with Gasteiger partial charge >= 0.3 is 5.97 Å². The molecule has 0 N–H and O–H groups in total. The number of carbonyl (C=O) groups excluding carboxylic acids is 1. The van der Waals surface area contributed by atoms with Crippen LogP contribution in [0.4, 0.5) is 3.89 Å². The van der Waals surface area contributed by atoms with Gasteiger partial charge in [-0.3, -0.25) is 4.79 Å². The number of carbonyl (C=O) groups is 1. The molecule has 2 heterocycles. The fraction of sp³-hybridized carbons (Fsp3) is 0.273. The molecule has 0 spiro atoms. The van der Waals surface area contributed by atoms with Crippen molar-refractivity contribution in [2.75, 3.05) is 6.61 Å². The van der Waals surface area contributed by atoms with Crippen molar-refractivity contribution in [2.24, 2.45) is 0 Å². The minimum atomic E-state index is -1.15. The third-order valence-electron chi connectivity index (χ3n) is 2.48. The van der Waals surface area contributed by atoms with E-state index in [0.717, 1.165) is 0 Å². The van der Waals surface area contributed by atoms with Crippen LogP contribution >= 0.6 is 12.3 Å². The Morgan fingerprint density at radius 1 is 1.68 bits per heavy atom. The van der Waals surface area contributed by atoms with Gasteiger partial charge in [0.15, 0.2) is 23.9 Å². The zero-order valence-corrected chi connectivity index (χ0v) is 10.7. The summed E-state index contributed by atoms with van der Waals surface area (Å²) in [5, 5.41) is 9.55. The van der Waals surface area contributed by atoms with E-state index in [9.17, 15) is 8.68 Å². The van der Waals surface area contributed by atoms with Crippen molar-refractivity contribution in [2.45, 2.75) is 12.8 Å². The number of fused-ring (bicyclic) bond motifs is 1. The molecule has 0 aliphatic rings. The molecule has 6 nitrogen and oxygen atoms in total. The lowest BCUT2D eigenvalue weighted by molar-refractivity contribution is -0.143. The molecule has 0 fully saturated rings. The van der Waals surface area contributed by atoms with E-state index in [4.69, 9.17) is 10.00 Å². The highest BCUT2D eigenvalue weighted by Crippen LogP contribution is 2.26. The predicted octanol–water partition coefficient (Wildman–Crippen LogP) is 1.98. The standard InChI is InChI=1S/C11H9FN4O2S/c1-2-18-11(17)8(5-13)9-7-3-4-16(19-12)10(7)15-6-14-9/h3-4,6,8H,2H2,1H3. The number of halogens is 1. The molecule has 0 aliphatic heterocycles. The van der Waals surface area contributed by atoms with Crippen molar-refractivity contribution >= 4 is 29.3 Å². The zero-order chi connectivity index (χ0) is 13.8. The van der Waals surface area contributed by atoms with Gasteiger partial charge in [0.2, 0.25) is 0 Å². The van der Waals surface area contributed by atoms with E-state index in [2.05, 4.69) is 9.97 Å². The van der Waals surface area contributed by atoms with Gasteiger partial charge in [-0.2, -0.15) is 5.26 Å². The van der Waals surface area contributed by atoms with Crippen LogP contribution in [0.5, 0.6) is 0 Å². The highest BCUT2D eigenvalue weighted by Gasteiger charge is 2.26. The summed E-state index contributed by atoms with van der Waals surface area (Å²) in [6.45, 7) is 1.82. The third kappa shape index (κ3) is 2.37. The topological polar surface area (TPSA) is 80.8 Å². The second kappa shape index (κ2) is 5.67. The smallest absolute Gasteiger partial charge is 0.329 e. The molecule has 8 heteroatoms. The van der Waals surface area contributed by atoms with Crippen molar-refractivity contribution in [1.29, 1.82) is 5.26 Å². The molecule has 0 saturated carbocycles. The third-order valence-corrected chi connectivity index (χ3v) is 2.92. The molecular formula is C11H9FN4O2S. The molecule has 0 aromatic carbocycles. The fourth-order valence-corrected chi connectivity index (χ4v) is 2.00. The van der Waals surface area contributed by atoms with Crippen LogP contribution in [-0.2, 0) is 9.53 Å². The maximum absolute atomic E-state index is 12.6. The van der Waals surface area contributed by atoms with E-state index in [1.807, 2.05) is 6.07 Å². The lowest BCUT2D eigenvalue weighted by atomic mass is 10.0. The van der Waals surface area contributed by atoms with Gasteiger partial charge in [0.05, 0.1) is 18.4 Å². The van der Waals surface area contributed by atoms with E-state index in [1.165, 1.54) is 16.5 Å². The SMILES string of the molecule is CCOC(=O)C(C#N)c1ncnc2c1ccn2SF. The van der Waals surface area contributed by atoms with E-state index in [1.54, 1.807) is 13.0 Å². The quantitative estimate of drug-likeness (QED) is 0.797. The second-order valence-corrected chi connectivity index (χ2v) is 4.05. The Balaban J connectivity index is 2.52. The molecule has 1 unspecified atom stereocenters. The number of esters is 1. The number of ether oxygens (including phenoxy) is 1. The Morgan fingerprint density at radius 3 is 3.11 bits per heavy atom. The fourth-order valence-electron chi connectivity index (χ4n) is 1.68. The first kappa shape index (κ1) is 13.3. The number of aromatic nitrogens is 3. The lowest BCUT2D eigenvalue weighted by Crippen LogP contribution is -2.16. The van der Waals surface area contributed by atoms with Crippen LogP contribution in [0.15, 0.2) is 18.6 Å². The number of hydrogen-bond donors (Lipinski definition) is 0. The maximum atomic E-state index is 12.6. The van der Waals surface area contributed by atoms with Crippen LogP contribution < -0.4 is 0 Å². The predicted molar refractivity (Wildman–Crippen MR) is 66.6 cm³/mol. The van der Waals surface area contributed by atoms with Crippen LogP contribution in [0.2, 0.25) is 0 Å². The molecule has 1 atom stereocenters. The Bertz CT molecular complexity index is 652. The minimum Gasteiger partial charge on any atom is -0.465 e. The molecular weight excluding hydrogens is 271 g/mol. The maximum Gasteiger partial charge on any atom is 0.329 e. The van der Waals surface area contributed by atoms with Crippen LogP contribution in [0.1, 0.15) is 18.5 Å². The van der Waals surface area contributed by atoms with E-state index in [-0.39, 0.29) is 24.6 Å². The molecule has 98 valence electrons. The van der Waals surface area contributed by atoms with Crippen LogP contribution in [0.3, 0.4) is 0 Å². The Hall–Kier alpha value is -2.14. The van der Waals surface area contributed by atoms with Crippen molar-refractivity contribution in [1.82, 2.24) is 13.9 Å². The number of hydrogen-bond acceptors (Lipinski definition) is 6. The molecule has 0 radical (unpaired) electrons. The zero-order valence-electron chi connectivity index (χ0n) is 9.91. The summed E-state index contributed by atoms with van der Waals surface area (Å²) >= 11 is -0.0211. The van der Waals surface area contributed by atoms with Crippen LogP contribution in [-0.4, -0.2) is 26.5 Å². The first-order valence-corrected chi connectivity index (χ1v) is 6.07. The van der Waals surface area contributed by atoms with E-state index >= 15 is 0 Å². The van der Waals surface area contributed by atoms with Crippen molar-refractivity contribution in [3.8, 4) is 6.07 Å². The van der Waals surface area contributed by atoms with Crippen molar-refractivity contribution in [3.05, 3.63) is 24.3 Å². The Labute approximate surface area is 112 Å². The second-order valence-electron chi connectivity index (χ2n) is 3.52. The minimum absolute atomic E-state index is 0.0211. The summed E-state index contributed by atoms with van der Waals surface area (Å²) < 4.78 is 18.6. The summed E-state index contributed by atoms with van der Waals surface area (Å²) in [6.07, 6.45) is 2.64. The molecule has 0 aliphatic carbocycles. The Kier molecular flexibility index (Phi) is 3.97. The summed E-state index contributed by atoms with van der Waals surface area (Å²) in [4.78, 5) is 19.6. The summed E-state index contributed by atoms with van der Waals surface area (Å²) in [5.74, 6) is -1.82. The molecule has 0 saturated heterocycles. The van der Waals surface area contributed by atoms with Gasteiger partial charge in [0, 0.05) is 11.6 Å². The van der Waals surface area contributed by atoms with Gasteiger partial charge in [0.25, 0.3) is 0 Å². The van der Waals surface area contributed by atoms with Gasteiger partial charge in [0.1, 0.15) is 6.33 Å². The van der Waals surface area contributed by atoms with Crippen molar-refractivity contribution < 1.29 is 13.4 Å². The van der Waals surface area contributed by atoms with E-state index in [0.29, 0.717) is 11.0 Å². The molecule has 2 rings (SSSR count). The number of nitrogens with zero attached hydrogens (tertiary/aromatic N) is 4. The average Bonchev–Trinajstić information content (AvgIpc) is 2.83. The molecule has 0 amide bonds. The normalized spacial score (nSPS) is 12.1. The average molecular weight is 280 g/mol. The van der Waals surface area contributed by atoms with Gasteiger partial charge < -0.3 is 4.74 Å². The lowest BCUT2D eigenvalue weighted by Gasteiger charge is -2.08. The van der Waals surface area contributed by atoms with Gasteiger partial charge in [-0.25, -0.2) is 13.9 Å². The van der Waals surface area contributed by atoms with E-state index < -0.39 is 11.9 Å². The summed E-state index contributed by atoms with van der Waals surface area (Å²) in [6, 6.07) is 3.40. The molecule has 2 aromatic rings. The highest BCUT2D eigenvalue weighted by atomic mass is 32.2. The molecule has 0 bridgehead atoms. The van der Waals surface area contributed by atoms with Gasteiger partial charge in [-0.15, -0.1) is 3.89 Å². The van der Waals surface area contributed by atoms with Crippen molar-refractivity contribution in [3.63, 3.8) is 0 Å². The van der Waals surface area contributed by atoms with Gasteiger partial charge in [-0.1, -0.05) is 0 Å². The number of nitriles is 1. The monoisotopic (exact) mass is 280 g/mol. The first-order chi connectivity index (χ1) is 9.22.